The van der Waals surface area contributed by atoms with Crippen LogP contribution in [0, 0.1) is 5.82 Å². The van der Waals surface area contributed by atoms with Crippen molar-refractivity contribution in [1.29, 1.82) is 0 Å². The molecule has 3 aromatic carbocycles. The molecule has 1 spiro atoms. The highest BCUT2D eigenvalue weighted by Crippen LogP contribution is 2.53. The normalized spacial score (nSPS) is 23.9. The number of halogens is 1. The fraction of sp³-hybridized carbons (Fsp3) is 0.192. The van der Waals surface area contributed by atoms with Gasteiger partial charge in [0.1, 0.15) is 5.82 Å². The van der Waals surface area contributed by atoms with Crippen molar-refractivity contribution in [3.8, 4) is 0 Å². The second kappa shape index (κ2) is 7.72. The Morgan fingerprint density at radius 1 is 1.00 bits per heavy atom. The van der Waals surface area contributed by atoms with Crippen molar-refractivity contribution >= 4 is 34.8 Å². The molecule has 0 unspecified atom stereocenters. The summed E-state index contributed by atoms with van der Waals surface area (Å²) in [6.07, 6.45) is 0.291. The topological polar surface area (TPSA) is 55.9 Å². The molecule has 2 atom stereocenters. The lowest BCUT2D eigenvalue weighted by molar-refractivity contribution is -0.143. The fourth-order valence-corrected chi connectivity index (χ4v) is 5.78. The van der Waals surface area contributed by atoms with Crippen LogP contribution in [0.25, 0.3) is 0 Å². The molecule has 6 rings (SSSR count). The summed E-state index contributed by atoms with van der Waals surface area (Å²) in [5.74, 6) is -0.793. The molecule has 6 nitrogen and oxygen atoms in total. The van der Waals surface area contributed by atoms with Crippen LogP contribution in [0.15, 0.2) is 78.9 Å². The second-order valence-electron chi connectivity index (χ2n) is 8.71. The Balaban J connectivity index is 1.57. The van der Waals surface area contributed by atoms with Crippen LogP contribution in [-0.4, -0.2) is 33.5 Å². The van der Waals surface area contributed by atoms with Crippen molar-refractivity contribution in [2.75, 3.05) is 11.4 Å². The predicted molar refractivity (Wildman–Crippen MR) is 129 cm³/mol. The third-order valence-electron chi connectivity index (χ3n) is 6.81. The molecule has 0 radical (unpaired) electrons. The van der Waals surface area contributed by atoms with Gasteiger partial charge in [0.15, 0.2) is 10.7 Å². The summed E-state index contributed by atoms with van der Waals surface area (Å²) in [6.45, 7) is 0.747. The number of nitrogens with zero attached hydrogens (tertiary/aromatic N) is 3. The first kappa shape index (κ1) is 20.9. The second-order valence-corrected chi connectivity index (χ2v) is 9.10. The molecule has 3 aliphatic heterocycles. The zero-order valence-electron chi connectivity index (χ0n) is 18.1. The van der Waals surface area contributed by atoms with Crippen LogP contribution in [-0.2, 0) is 21.7 Å². The summed E-state index contributed by atoms with van der Waals surface area (Å²) < 4.78 is 14.7. The van der Waals surface area contributed by atoms with Crippen molar-refractivity contribution in [2.45, 2.75) is 24.5 Å². The van der Waals surface area contributed by atoms with Gasteiger partial charge in [-0.3, -0.25) is 9.59 Å². The maximum absolute atomic E-state index is 14.7. The van der Waals surface area contributed by atoms with Crippen LogP contribution in [0.3, 0.4) is 0 Å². The minimum Gasteiger partial charge on any atom is -0.341 e. The van der Waals surface area contributed by atoms with Crippen molar-refractivity contribution in [1.82, 2.24) is 15.3 Å². The molecule has 0 aromatic heterocycles. The third-order valence-corrected chi connectivity index (χ3v) is 7.08. The van der Waals surface area contributed by atoms with Gasteiger partial charge in [-0.05, 0) is 41.5 Å². The number of thiocarbonyl (C=S) groups is 1. The van der Waals surface area contributed by atoms with Crippen molar-refractivity contribution in [3.05, 3.63) is 101 Å². The number of carbonyl (C=O) groups is 2. The molecule has 0 aliphatic carbocycles. The predicted octanol–water partition coefficient (Wildman–Crippen LogP) is 3.65. The summed E-state index contributed by atoms with van der Waals surface area (Å²) in [4.78, 5) is 28.8. The van der Waals surface area contributed by atoms with Gasteiger partial charge >= 0.3 is 0 Å². The van der Waals surface area contributed by atoms with Gasteiger partial charge in [-0.15, -0.1) is 0 Å². The van der Waals surface area contributed by atoms with Gasteiger partial charge in [0, 0.05) is 18.5 Å². The van der Waals surface area contributed by atoms with Crippen LogP contribution in [0.1, 0.15) is 29.2 Å². The molecule has 0 saturated carbocycles. The van der Waals surface area contributed by atoms with E-state index in [1.54, 1.807) is 11.0 Å². The Labute approximate surface area is 201 Å². The summed E-state index contributed by atoms with van der Waals surface area (Å²) >= 11 is 5.60. The van der Waals surface area contributed by atoms with Crippen LogP contribution in [0.5, 0.6) is 0 Å². The van der Waals surface area contributed by atoms with E-state index in [4.69, 9.17) is 12.2 Å². The highest BCUT2D eigenvalue weighted by molar-refractivity contribution is 7.80. The minimum atomic E-state index is -1.38. The molecule has 3 aliphatic rings. The number of fused-ring (bicyclic) bond motifs is 3. The van der Waals surface area contributed by atoms with E-state index in [1.807, 2.05) is 65.7 Å². The average Bonchev–Trinajstić information content (AvgIpc) is 3.33. The standard InChI is InChI=1S/C26H21FN4O2S/c27-19-11-12-21-20(15-19)26(24(33)29(21)16-17-7-3-1-4-8-17)23(18-9-5-2-6-10-18)30-14-13-22(32)31(30)25(34)28-26/h1-12,15,23H,13-14,16H2,(H,28,34)/t23-,26+/m0/s1. The Kier molecular flexibility index (Phi) is 4.75. The van der Waals surface area contributed by atoms with Gasteiger partial charge in [0.2, 0.25) is 5.91 Å². The van der Waals surface area contributed by atoms with E-state index in [2.05, 4.69) is 5.32 Å². The average molecular weight is 473 g/mol. The highest BCUT2D eigenvalue weighted by Gasteiger charge is 2.63. The Bertz CT molecular complexity index is 1320. The quantitative estimate of drug-likeness (QED) is 0.590. The monoisotopic (exact) mass is 472 g/mol. The molecular weight excluding hydrogens is 451 g/mol. The number of carbonyl (C=O) groups excluding carboxylic acids is 2. The van der Waals surface area contributed by atoms with Gasteiger partial charge in [0.25, 0.3) is 5.91 Å². The summed E-state index contributed by atoms with van der Waals surface area (Å²) in [7, 11) is 0. The van der Waals surface area contributed by atoms with E-state index in [0.29, 0.717) is 30.8 Å². The lowest BCUT2D eigenvalue weighted by atomic mass is 9.79. The van der Waals surface area contributed by atoms with E-state index in [9.17, 15) is 14.0 Å². The molecule has 3 aromatic rings. The number of hydrogen-bond acceptors (Lipinski definition) is 4. The maximum atomic E-state index is 14.7. The first-order chi connectivity index (χ1) is 16.5. The van der Waals surface area contributed by atoms with E-state index in [1.165, 1.54) is 17.1 Å². The number of hydrazine groups is 1. The molecule has 2 amide bonds. The van der Waals surface area contributed by atoms with Crippen LogP contribution < -0.4 is 10.2 Å². The summed E-state index contributed by atoms with van der Waals surface area (Å²) in [5.41, 5.74) is 1.55. The third kappa shape index (κ3) is 2.92. The van der Waals surface area contributed by atoms with Gasteiger partial charge in [-0.25, -0.2) is 14.4 Å². The summed E-state index contributed by atoms with van der Waals surface area (Å²) in [6, 6.07) is 23.0. The molecule has 8 heteroatoms. The smallest absolute Gasteiger partial charge is 0.259 e. The number of rotatable bonds is 3. The lowest BCUT2D eigenvalue weighted by Crippen LogP contribution is -2.69. The Hall–Kier alpha value is -3.62. The van der Waals surface area contributed by atoms with Gasteiger partial charge in [-0.1, -0.05) is 60.7 Å². The van der Waals surface area contributed by atoms with Crippen LogP contribution in [0.4, 0.5) is 10.1 Å². The number of benzene rings is 3. The first-order valence-corrected chi connectivity index (χ1v) is 11.5. The van der Waals surface area contributed by atoms with Crippen LogP contribution in [0.2, 0.25) is 0 Å². The van der Waals surface area contributed by atoms with Crippen molar-refractivity contribution < 1.29 is 14.0 Å². The molecule has 2 fully saturated rings. The van der Waals surface area contributed by atoms with E-state index in [-0.39, 0.29) is 16.9 Å². The highest BCUT2D eigenvalue weighted by atomic mass is 32.1. The zero-order valence-corrected chi connectivity index (χ0v) is 19.0. The van der Waals surface area contributed by atoms with Gasteiger partial charge in [-0.2, -0.15) is 0 Å². The SMILES string of the molecule is O=C1CCN2[C@@H](c3ccccc3)[C@@]3(NC(=S)N12)C(=O)N(Cc1ccccc1)c1ccc(F)cc13. The molecule has 3 heterocycles. The van der Waals surface area contributed by atoms with Gasteiger partial charge < -0.3 is 10.2 Å². The number of amides is 2. The minimum absolute atomic E-state index is 0.126. The molecule has 2 saturated heterocycles. The number of hydrogen-bond donors (Lipinski definition) is 1. The lowest BCUT2D eigenvalue weighted by Gasteiger charge is -2.50. The Morgan fingerprint density at radius 2 is 1.71 bits per heavy atom. The molecule has 0 bridgehead atoms. The first-order valence-electron chi connectivity index (χ1n) is 11.1. The number of anilines is 1. The molecule has 34 heavy (non-hydrogen) atoms. The molecule has 1 N–H and O–H groups in total. The van der Waals surface area contributed by atoms with Crippen molar-refractivity contribution in [2.24, 2.45) is 0 Å². The molecule has 170 valence electrons. The van der Waals surface area contributed by atoms with E-state index in [0.717, 1.165) is 11.1 Å². The Morgan fingerprint density at radius 3 is 2.44 bits per heavy atom. The largest absolute Gasteiger partial charge is 0.341 e. The van der Waals surface area contributed by atoms with E-state index >= 15 is 0 Å². The molecular formula is C26H21FN4O2S. The summed E-state index contributed by atoms with van der Waals surface area (Å²) in [5, 5.41) is 6.69. The fourth-order valence-electron chi connectivity index (χ4n) is 5.41. The van der Waals surface area contributed by atoms with E-state index < -0.39 is 17.4 Å². The zero-order chi connectivity index (χ0) is 23.4. The van der Waals surface area contributed by atoms with Crippen molar-refractivity contribution in [3.63, 3.8) is 0 Å². The maximum Gasteiger partial charge on any atom is 0.259 e. The van der Waals surface area contributed by atoms with Crippen LogP contribution >= 0.6 is 12.2 Å². The number of nitrogens with one attached hydrogen (secondary N) is 1. The van der Waals surface area contributed by atoms with Gasteiger partial charge in [0.05, 0.1) is 18.3 Å².